The number of rotatable bonds is 3. The molecule has 4 heteroatoms. The van der Waals surface area contributed by atoms with E-state index < -0.39 is 0 Å². The van der Waals surface area contributed by atoms with Crippen LogP contribution in [0.1, 0.15) is 15.9 Å². The van der Waals surface area contributed by atoms with Gasteiger partial charge in [-0.15, -0.1) is 0 Å². The van der Waals surface area contributed by atoms with E-state index in [1.54, 1.807) is 6.20 Å². The highest BCUT2D eigenvalue weighted by Gasteiger charge is 2.09. The van der Waals surface area contributed by atoms with Gasteiger partial charge in [0, 0.05) is 27.7 Å². The van der Waals surface area contributed by atoms with E-state index in [-0.39, 0.29) is 0 Å². The van der Waals surface area contributed by atoms with Crippen molar-refractivity contribution >= 4 is 29.6 Å². The van der Waals surface area contributed by atoms with E-state index >= 15 is 0 Å². The van der Waals surface area contributed by atoms with E-state index in [1.165, 1.54) is 18.0 Å². The lowest BCUT2D eigenvalue weighted by atomic mass is 10.2. The molecule has 0 radical (unpaired) electrons. The second kappa shape index (κ2) is 5.34. The lowest BCUT2D eigenvalue weighted by molar-refractivity contribution is 0.112. The van der Waals surface area contributed by atoms with Crippen LogP contribution in [-0.2, 0) is 0 Å². The molecule has 1 heterocycles. The molecule has 86 valence electrons. The Kier molecular flexibility index (Phi) is 3.82. The molecule has 0 N–H and O–H groups in total. The number of aromatic nitrogens is 1. The quantitative estimate of drug-likeness (QED) is 0.784. The van der Waals surface area contributed by atoms with Gasteiger partial charge < -0.3 is 0 Å². The lowest BCUT2D eigenvalue weighted by Crippen LogP contribution is -1.89. The van der Waals surface area contributed by atoms with Crippen molar-refractivity contribution in [2.45, 2.75) is 16.7 Å². The van der Waals surface area contributed by atoms with Crippen molar-refractivity contribution in [2.24, 2.45) is 0 Å². The number of carbonyl (C=O) groups is 1. The molecule has 0 bridgehead atoms. The van der Waals surface area contributed by atoms with E-state index in [9.17, 15) is 4.79 Å². The van der Waals surface area contributed by atoms with Crippen molar-refractivity contribution in [3.8, 4) is 0 Å². The van der Waals surface area contributed by atoms with Gasteiger partial charge in [-0.1, -0.05) is 41.6 Å². The number of aryl methyl sites for hydroxylation is 1. The molecule has 0 unspecified atom stereocenters. The first-order chi connectivity index (χ1) is 8.22. The van der Waals surface area contributed by atoms with E-state index in [0.717, 1.165) is 21.6 Å². The van der Waals surface area contributed by atoms with Gasteiger partial charge in [-0.05, 0) is 18.6 Å². The van der Waals surface area contributed by atoms with Crippen LogP contribution in [0.3, 0.4) is 0 Å². The summed E-state index contributed by atoms with van der Waals surface area (Å²) in [5.41, 5.74) is 1.66. The molecule has 0 aliphatic rings. The molecule has 2 aromatic rings. The molecule has 0 atom stereocenters. The number of hydrogen-bond acceptors (Lipinski definition) is 3. The Morgan fingerprint density at radius 3 is 2.71 bits per heavy atom. The summed E-state index contributed by atoms with van der Waals surface area (Å²) in [4.78, 5) is 16.9. The topological polar surface area (TPSA) is 30.0 Å². The van der Waals surface area contributed by atoms with Crippen molar-refractivity contribution < 1.29 is 4.79 Å². The van der Waals surface area contributed by atoms with Crippen LogP contribution in [0.4, 0.5) is 0 Å². The summed E-state index contributed by atoms with van der Waals surface area (Å²) in [6.07, 6.45) is 3.91. The summed E-state index contributed by atoms with van der Waals surface area (Å²) in [7, 11) is 0. The van der Waals surface area contributed by atoms with Gasteiger partial charge >= 0.3 is 0 Å². The third-order valence-electron chi connectivity index (χ3n) is 2.33. The van der Waals surface area contributed by atoms with Crippen LogP contribution < -0.4 is 0 Å². The van der Waals surface area contributed by atoms with Crippen LogP contribution in [0, 0.1) is 6.92 Å². The van der Waals surface area contributed by atoms with Gasteiger partial charge in [-0.3, -0.25) is 9.78 Å². The Labute approximate surface area is 109 Å². The van der Waals surface area contributed by atoms with Crippen LogP contribution in [-0.4, -0.2) is 11.3 Å². The summed E-state index contributed by atoms with van der Waals surface area (Å²) >= 11 is 7.43. The summed E-state index contributed by atoms with van der Waals surface area (Å²) in [6.45, 7) is 2.03. The highest BCUT2D eigenvalue weighted by molar-refractivity contribution is 7.99. The molecule has 2 nitrogen and oxygen atoms in total. The van der Waals surface area contributed by atoms with Gasteiger partial charge in [-0.25, -0.2) is 0 Å². The fourth-order valence-electron chi connectivity index (χ4n) is 1.41. The van der Waals surface area contributed by atoms with Crippen molar-refractivity contribution in [1.82, 2.24) is 4.98 Å². The Bertz CT molecular complexity index is 557. The third-order valence-corrected chi connectivity index (χ3v) is 3.86. The fraction of sp³-hybridized carbons (Fsp3) is 0.0769. The highest BCUT2D eigenvalue weighted by atomic mass is 35.5. The van der Waals surface area contributed by atoms with E-state index in [0.29, 0.717) is 10.6 Å². The van der Waals surface area contributed by atoms with Crippen molar-refractivity contribution in [3.63, 3.8) is 0 Å². The molecule has 17 heavy (non-hydrogen) atoms. The molecule has 0 aliphatic carbocycles. The minimum absolute atomic E-state index is 0.388. The first-order valence-corrected chi connectivity index (χ1v) is 6.24. The van der Waals surface area contributed by atoms with Crippen LogP contribution in [0.2, 0.25) is 5.02 Å². The number of nitrogens with zero attached hydrogens (tertiary/aromatic N) is 1. The number of aldehydes is 1. The van der Waals surface area contributed by atoms with E-state index in [4.69, 9.17) is 11.6 Å². The molecule has 0 saturated carbocycles. The largest absolute Gasteiger partial charge is 0.298 e. The number of carbonyl (C=O) groups excluding carboxylic acids is 1. The zero-order valence-corrected chi connectivity index (χ0v) is 10.8. The molecule has 0 spiro atoms. The van der Waals surface area contributed by atoms with Gasteiger partial charge in [0.2, 0.25) is 0 Å². The standard InChI is InChI=1S/C13H10ClNOS/c1-9-4-2-3-5-12(9)17-13-7-15-6-11(14)10(13)8-16/h2-8H,1H3. The minimum atomic E-state index is 0.388. The summed E-state index contributed by atoms with van der Waals surface area (Å²) in [5.74, 6) is 0. The van der Waals surface area contributed by atoms with Crippen molar-refractivity contribution in [2.75, 3.05) is 0 Å². The average molecular weight is 264 g/mol. The monoisotopic (exact) mass is 263 g/mol. The molecule has 0 amide bonds. The normalized spacial score (nSPS) is 10.2. The number of hydrogen-bond donors (Lipinski definition) is 0. The number of pyridine rings is 1. The maximum Gasteiger partial charge on any atom is 0.152 e. The molecular formula is C13H10ClNOS. The minimum Gasteiger partial charge on any atom is -0.298 e. The molecule has 1 aromatic carbocycles. The second-order valence-corrected chi connectivity index (χ2v) is 5.01. The van der Waals surface area contributed by atoms with Crippen LogP contribution in [0.5, 0.6) is 0 Å². The Morgan fingerprint density at radius 1 is 1.24 bits per heavy atom. The maximum absolute atomic E-state index is 11.0. The lowest BCUT2D eigenvalue weighted by Gasteiger charge is -2.07. The van der Waals surface area contributed by atoms with Crippen LogP contribution >= 0.6 is 23.4 Å². The van der Waals surface area contributed by atoms with Gasteiger partial charge in [-0.2, -0.15) is 0 Å². The fourth-order valence-corrected chi connectivity index (χ4v) is 2.67. The van der Waals surface area contributed by atoms with Crippen LogP contribution in [0.25, 0.3) is 0 Å². The van der Waals surface area contributed by atoms with Gasteiger partial charge in [0.15, 0.2) is 6.29 Å². The van der Waals surface area contributed by atoms with E-state index in [2.05, 4.69) is 4.98 Å². The van der Waals surface area contributed by atoms with Gasteiger partial charge in [0.05, 0.1) is 5.02 Å². The molecule has 0 saturated heterocycles. The predicted molar refractivity (Wildman–Crippen MR) is 69.9 cm³/mol. The first kappa shape index (κ1) is 12.1. The van der Waals surface area contributed by atoms with Crippen LogP contribution in [0.15, 0.2) is 46.5 Å². The highest BCUT2D eigenvalue weighted by Crippen LogP contribution is 2.33. The molecule has 1 aromatic heterocycles. The number of halogens is 1. The van der Waals surface area contributed by atoms with Crippen molar-refractivity contribution in [1.29, 1.82) is 0 Å². The van der Waals surface area contributed by atoms with Gasteiger partial charge in [0.25, 0.3) is 0 Å². The van der Waals surface area contributed by atoms with E-state index in [1.807, 2.05) is 31.2 Å². The third kappa shape index (κ3) is 2.68. The SMILES string of the molecule is Cc1ccccc1Sc1cncc(Cl)c1C=O. The number of benzene rings is 1. The molecular weight excluding hydrogens is 254 g/mol. The molecule has 2 rings (SSSR count). The average Bonchev–Trinajstić information content (AvgIpc) is 2.32. The Balaban J connectivity index is 2.40. The maximum atomic E-state index is 11.0. The smallest absolute Gasteiger partial charge is 0.152 e. The van der Waals surface area contributed by atoms with Crippen molar-refractivity contribution in [3.05, 3.63) is 52.8 Å². The zero-order chi connectivity index (χ0) is 12.3. The second-order valence-electron chi connectivity index (χ2n) is 3.52. The first-order valence-electron chi connectivity index (χ1n) is 5.04. The summed E-state index contributed by atoms with van der Waals surface area (Å²) < 4.78 is 0. The molecule has 0 aliphatic heterocycles. The molecule has 0 fully saturated rings. The Morgan fingerprint density at radius 2 is 2.00 bits per heavy atom. The van der Waals surface area contributed by atoms with Gasteiger partial charge in [0.1, 0.15) is 0 Å². The Hall–Kier alpha value is -1.32. The summed E-state index contributed by atoms with van der Waals surface area (Å²) in [6, 6.07) is 7.99. The summed E-state index contributed by atoms with van der Waals surface area (Å²) in [5, 5.41) is 0.388. The predicted octanol–water partition coefficient (Wildman–Crippen LogP) is 4.01. The zero-order valence-electron chi connectivity index (χ0n) is 9.18.